The fraction of sp³-hybridized carbons (Fsp3) is 0.280. The van der Waals surface area contributed by atoms with Gasteiger partial charge < -0.3 is 15.0 Å². The Balaban J connectivity index is 1.03. The third-order valence-electron chi connectivity index (χ3n) is 6.33. The highest BCUT2D eigenvalue weighted by Gasteiger charge is 2.26. The molecule has 1 unspecified atom stereocenters. The molecule has 5 aromatic rings. The summed E-state index contributed by atoms with van der Waals surface area (Å²) in [4.78, 5) is 27.6. The van der Waals surface area contributed by atoms with Crippen LogP contribution in [0.1, 0.15) is 12.8 Å². The Morgan fingerprint density at radius 1 is 1.05 bits per heavy atom. The van der Waals surface area contributed by atoms with E-state index in [1.54, 1.807) is 27.7 Å². The van der Waals surface area contributed by atoms with E-state index >= 15 is 0 Å². The van der Waals surface area contributed by atoms with Gasteiger partial charge in [-0.2, -0.15) is 9.61 Å². The second kappa shape index (κ2) is 10.6. The highest BCUT2D eigenvalue weighted by atomic mass is 16.5. The molecule has 4 aromatic heterocycles. The molecule has 1 aliphatic heterocycles. The number of anilines is 1. The summed E-state index contributed by atoms with van der Waals surface area (Å²) in [5.74, 6) is 2.31. The number of carbonyl (C=O) groups excluding carboxylic acids is 1. The number of nitrogens with zero attached hydrogens (tertiary/aromatic N) is 10. The van der Waals surface area contributed by atoms with Crippen LogP contribution in [-0.2, 0) is 4.79 Å². The molecular formula is C25H25N11O2. The maximum absolute atomic E-state index is 12.9. The molecule has 0 aliphatic carbocycles. The van der Waals surface area contributed by atoms with Crippen molar-refractivity contribution in [2.45, 2.75) is 12.8 Å². The summed E-state index contributed by atoms with van der Waals surface area (Å²) in [5.41, 5.74) is 1.54. The number of hydrogen-bond acceptors (Lipinski definition) is 10. The average Bonchev–Trinajstić information content (AvgIpc) is 3.66. The number of hydrogen-bond donors (Lipinski definition) is 1. The van der Waals surface area contributed by atoms with E-state index in [1.807, 2.05) is 36.4 Å². The molecule has 6 rings (SSSR count). The second-order valence-corrected chi connectivity index (χ2v) is 8.83. The molecule has 38 heavy (non-hydrogen) atoms. The number of amides is 1. The third kappa shape index (κ3) is 4.98. The van der Waals surface area contributed by atoms with E-state index in [1.165, 1.54) is 12.7 Å². The minimum atomic E-state index is -0.145. The Kier molecular flexibility index (Phi) is 6.53. The number of nitrogens with one attached hydrogen (secondary N) is 1. The molecule has 192 valence electrons. The molecule has 0 saturated carbocycles. The minimum absolute atomic E-state index is 0.00237. The average molecular weight is 512 g/mol. The van der Waals surface area contributed by atoms with Gasteiger partial charge in [0.05, 0.1) is 12.5 Å². The molecule has 5 heterocycles. The molecule has 1 amide bonds. The first-order valence-electron chi connectivity index (χ1n) is 12.3. The van der Waals surface area contributed by atoms with E-state index in [2.05, 4.69) is 45.6 Å². The van der Waals surface area contributed by atoms with Gasteiger partial charge in [0.15, 0.2) is 17.3 Å². The topological polar surface area (TPSA) is 141 Å². The summed E-state index contributed by atoms with van der Waals surface area (Å²) in [6.07, 6.45) is 6.25. The van der Waals surface area contributed by atoms with Gasteiger partial charge in [0.25, 0.3) is 0 Å². The Morgan fingerprint density at radius 3 is 2.82 bits per heavy atom. The lowest BCUT2D eigenvalue weighted by Gasteiger charge is -2.32. The summed E-state index contributed by atoms with van der Waals surface area (Å²) in [5, 5.41) is 20.0. The maximum Gasteiger partial charge on any atom is 0.231 e. The van der Waals surface area contributed by atoms with Crippen LogP contribution in [0, 0.1) is 5.92 Å². The van der Waals surface area contributed by atoms with Crippen molar-refractivity contribution in [1.82, 2.24) is 49.9 Å². The van der Waals surface area contributed by atoms with Crippen LogP contribution < -0.4 is 15.0 Å². The van der Waals surface area contributed by atoms with E-state index in [9.17, 15) is 4.79 Å². The van der Waals surface area contributed by atoms with Crippen LogP contribution in [0.2, 0.25) is 0 Å². The zero-order chi connectivity index (χ0) is 25.7. The second-order valence-electron chi connectivity index (χ2n) is 8.83. The fourth-order valence-corrected chi connectivity index (χ4v) is 4.45. The Morgan fingerprint density at radius 2 is 1.95 bits per heavy atom. The van der Waals surface area contributed by atoms with Gasteiger partial charge in [0, 0.05) is 30.8 Å². The normalized spacial score (nSPS) is 15.5. The number of ether oxygens (including phenoxy) is 1. The van der Waals surface area contributed by atoms with Gasteiger partial charge in [-0.3, -0.25) is 4.79 Å². The van der Waals surface area contributed by atoms with Gasteiger partial charge in [0.2, 0.25) is 11.8 Å². The summed E-state index contributed by atoms with van der Waals surface area (Å²) in [6, 6.07) is 15.1. The number of benzene rings is 1. The summed E-state index contributed by atoms with van der Waals surface area (Å²) in [7, 11) is 0. The minimum Gasteiger partial charge on any atom is -0.475 e. The Bertz CT molecular complexity index is 1520. The summed E-state index contributed by atoms with van der Waals surface area (Å²) < 4.78 is 9.04. The van der Waals surface area contributed by atoms with Crippen LogP contribution in [0.5, 0.6) is 5.88 Å². The van der Waals surface area contributed by atoms with Crippen molar-refractivity contribution in [3.8, 4) is 23.1 Å². The molecule has 1 saturated heterocycles. The largest absolute Gasteiger partial charge is 0.475 e. The van der Waals surface area contributed by atoms with E-state index in [0.29, 0.717) is 36.3 Å². The number of piperidine rings is 1. The van der Waals surface area contributed by atoms with Crippen molar-refractivity contribution in [3.05, 3.63) is 67.5 Å². The fourth-order valence-electron chi connectivity index (χ4n) is 4.45. The lowest BCUT2D eigenvalue weighted by atomic mass is 9.97. The number of fused-ring (bicyclic) bond motifs is 1. The number of rotatable bonds is 8. The Labute approximate surface area is 217 Å². The van der Waals surface area contributed by atoms with Crippen LogP contribution in [0.4, 0.5) is 5.82 Å². The monoisotopic (exact) mass is 511 g/mol. The molecule has 0 bridgehead atoms. The van der Waals surface area contributed by atoms with Crippen molar-refractivity contribution in [2.75, 3.05) is 31.1 Å². The zero-order valence-electron chi connectivity index (χ0n) is 20.5. The van der Waals surface area contributed by atoms with Crippen molar-refractivity contribution in [3.63, 3.8) is 0 Å². The first-order chi connectivity index (χ1) is 18.7. The quantitative estimate of drug-likeness (QED) is 0.305. The molecular weight excluding hydrogens is 486 g/mol. The molecule has 0 radical (unpaired) electrons. The molecule has 1 aliphatic rings. The SMILES string of the molecule is O=C(NCCOc1ccc2nnc(-c3ccccc3)n2n1)C1CCCN(c2cc(-n3cncn3)ncn2)C1. The van der Waals surface area contributed by atoms with Gasteiger partial charge in [0.1, 0.15) is 31.4 Å². The lowest BCUT2D eigenvalue weighted by Crippen LogP contribution is -2.44. The van der Waals surface area contributed by atoms with E-state index in [0.717, 1.165) is 30.8 Å². The number of carbonyl (C=O) groups is 1. The van der Waals surface area contributed by atoms with Crippen LogP contribution in [0.15, 0.2) is 67.5 Å². The maximum atomic E-state index is 12.9. The highest BCUT2D eigenvalue weighted by molar-refractivity contribution is 5.79. The van der Waals surface area contributed by atoms with E-state index in [4.69, 9.17) is 4.74 Å². The molecule has 1 aromatic carbocycles. The first kappa shape index (κ1) is 23.5. The van der Waals surface area contributed by atoms with Crippen molar-refractivity contribution < 1.29 is 9.53 Å². The van der Waals surface area contributed by atoms with Crippen molar-refractivity contribution >= 4 is 17.4 Å². The molecule has 0 spiro atoms. The van der Waals surface area contributed by atoms with Crippen LogP contribution >= 0.6 is 0 Å². The van der Waals surface area contributed by atoms with Gasteiger partial charge in [-0.1, -0.05) is 30.3 Å². The first-order valence-corrected chi connectivity index (χ1v) is 12.3. The third-order valence-corrected chi connectivity index (χ3v) is 6.33. The molecule has 1 fully saturated rings. The van der Waals surface area contributed by atoms with E-state index < -0.39 is 0 Å². The van der Waals surface area contributed by atoms with Gasteiger partial charge in [-0.15, -0.1) is 15.3 Å². The summed E-state index contributed by atoms with van der Waals surface area (Å²) in [6.45, 7) is 2.06. The molecule has 1 N–H and O–H groups in total. The molecule has 13 nitrogen and oxygen atoms in total. The van der Waals surface area contributed by atoms with Gasteiger partial charge in [-0.25, -0.2) is 19.6 Å². The van der Waals surface area contributed by atoms with Crippen molar-refractivity contribution in [1.29, 1.82) is 0 Å². The smallest absolute Gasteiger partial charge is 0.231 e. The zero-order valence-corrected chi connectivity index (χ0v) is 20.5. The van der Waals surface area contributed by atoms with Crippen LogP contribution in [-0.4, -0.2) is 76.7 Å². The van der Waals surface area contributed by atoms with Crippen LogP contribution in [0.3, 0.4) is 0 Å². The van der Waals surface area contributed by atoms with Gasteiger partial charge in [-0.05, 0) is 18.9 Å². The molecule has 1 atom stereocenters. The standard InChI is InChI=1S/C25H25N11O2/c37-25(19-7-4-11-34(14-19)21-13-22(29-16-28-21)35-17-26-15-30-35)27-10-12-38-23-9-8-20-31-32-24(36(20)33-23)18-5-2-1-3-6-18/h1-3,5-6,8-9,13,15-17,19H,4,7,10-12,14H2,(H,27,37). The van der Waals surface area contributed by atoms with E-state index in [-0.39, 0.29) is 18.4 Å². The summed E-state index contributed by atoms with van der Waals surface area (Å²) >= 11 is 0. The van der Waals surface area contributed by atoms with Gasteiger partial charge >= 0.3 is 0 Å². The molecule has 13 heteroatoms. The van der Waals surface area contributed by atoms with Crippen LogP contribution in [0.25, 0.3) is 22.9 Å². The highest BCUT2D eigenvalue weighted by Crippen LogP contribution is 2.23. The van der Waals surface area contributed by atoms with Crippen molar-refractivity contribution in [2.24, 2.45) is 5.92 Å². The predicted molar refractivity (Wildman–Crippen MR) is 137 cm³/mol. The Hall–Kier alpha value is -4.94. The number of aromatic nitrogens is 9. The predicted octanol–water partition coefficient (Wildman–Crippen LogP) is 1.57. The lowest BCUT2D eigenvalue weighted by molar-refractivity contribution is -0.125.